The summed E-state index contributed by atoms with van der Waals surface area (Å²) in [4.78, 5) is 10.2. The lowest BCUT2D eigenvalue weighted by atomic mass is 10.2. The van der Waals surface area contributed by atoms with E-state index in [9.17, 15) is 15.2 Å². The Morgan fingerprint density at radius 3 is 2.95 bits per heavy atom. The summed E-state index contributed by atoms with van der Waals surface area (Å²) >= 11 is 1.09. The van der Waals surface area contributed by atoms with Gasteiger partial charge in [0.2, 0.25) is 5.89 Å². The molecule has 9 heteroatoms. The maximum atomic E-state index is 10.7. The van der Waals surface area contributed by atoms with Crippen molar-refractivity contribution in [2.75, 3.05) is 12.4 Å². The molecule has 0 saturated heterocycles. The molecule has 0 aliphatic rings. The summed E-state index contributed by atoms with van der Waals surface area (Å²) in [7, 11) is 0. The quantitative estimate of drug-likeness (QED) is 0.461. The molecule has 0 aliphatic carbocycles. The summed E-state index contributed by atoms with van der Waals surface area (Å²) in [5, 5.41) is 36.3. The van der Waals surface area contributed by atoms with Gasteiger partial charge in [-0.15, -0.1) is 10.2 Å². The summed E-state index contributed by atoms with van der Waals surface area (Å²) < 4.78 is 5.32. The van der Waals surface area contributed by atoms with E-state index < -0.39 is 11.0 Å². The normalized spacial score (nSPS) is 12.3. The van der Waals surface area contributed by atoms with Crippen LogP contribution in [0.5, 0.6) is 0 Å². The van der Waals surface area contributed by atoms with Crippen LogP contribution in [0.3, 0.4) is 0 Å². The number of aliphatic hydroxyl groups is 2. The maximum absolute atomic E-state index is 10.7. The van der Waals surface area contributed by atoms with Gasteiger partial charge in [-0.1, -0.05) is 17.8 Å². The van der Waals surface area contributed by atoms with Gasteiger partial charge in [-0.05, 0) is 6.07 Å². The number of rotatable bonds is 6. The second-order valence-corrected chi connectivity index (χ2v) is 4.80. The zero-order valence-electron chi connectivity index (χ0n) is 10.2. The Morgan fingerprint density at radius 1 is 1.45 bits per heavy atom. The monoisotopic (exact) mass is 297 g/mol. The number of nitrogens with zero attached hydrogens (tertiary/aromatic N) is 3. The van der Waals surface area contributed by atoms with Crippen LogP contribution in [0.2, 0.25) is 0 Å². The highest BCUT2D eigenvalue weighted by Gasteiger charge is 2.14. The molecule has 1 aromatic heterocycles. The highest BCUT2D eigenvalue weighted by molar-refractivity contribution is 7.99. The van der Waals surface area contributed by atoms with Gasteiger partial charge >= 0.3 is 0 Å². The van der Waals surface area contributed by atoms with Crippen molar-refractivity contribution in [3.05, 3.63) is 34.4 Å². The first-order valence-electron chi connectivity index (χ1n) is 5.60. The van der Waals surface area contributed by atoms with E-state index >= 15 is 0 Å². The number of thioether (sulfide) groups is 1. The second kappa shape index (κ2) is 6.46. The van der Waals surface area contributed by atoms with Gasteiger partial charge < -0.3 is 14.6 Å². The first kappa shape index (κ1) is 14.4. The van der Waals surface area contributed by atoms with E-state index in [0.717, 1.165) is 11.8 Å². The zero-order valence-corrected chi connectivity index (χ0v) is 11.0. The van der Waals surface area contributed by atoms with Gasteiger partial charge in [-0.25, -0.2) is 0 Å². The molecule has 20 heavy (non-hydrogen) atoms. The van der Waals surface area contributed by atoms with E-state index in [1.165, 1.54) is 18.2 Å². The lowest BCUT2D eigenvalue weighted by Gasteiger charge is -2.02. The highest BCUT2D eigenvalue weighted by atomic mass is 32.2. The molecule has 2 N–H and O–H groups in total. The molecule has 2 rings (SSSR count). The third-order valence-electron chi connectivity index (χ3n) is 2.32. The van der Waals surface area contributed by atoms with Crippen molar-refractivity contribution in [2.24, 2.45) is 0 Å². The Bertz CT molecular complexity index is 603. The van der Waals surface area contributed by atoms with Gasteiger partial charge in [0.05, 0.1) is 17.6 Å². The van der Waals surface area contributed by atoms with E-state index in [0.29, 0.717) is 5.56 Å². The fraction of sp³-hybridized carbons (Fsp3) is 0.273. The van der Waals surface area contributed by atoms with Crippen molar-refractivity contribution >= 4 is 17.4 Å². The molecule has 2 aromatic rings. The van der Waals surface area contributed by atoms with Gasteiger partial charge in [-0.2, -0.15) is 0 Å². The minimum atomic E-state index is -0.867. The van der Waals surface area contributed by atoms with Crippen LogP contribution in [-0.2, 0) is 0 Å². The average Bonchev–Trinajstić information content (AvgIpc) is 2.93. The Labute approximate surface area is 117 Å². The molecule has 1 unspecified atom stereocenters. The second-order valence-electron chi connectivity index (χ2n) is 3.83. The molecular formula is C11H11N3O5S. The maximum Gasteiger partial charge on any atom is 0.276 e. The van der Waals surface area contributed by atoms with Crippen LogP contribution in [0.1, 0.15) is 0 Å². The van der Waals surface area contributed by atoms with Gasteiger partial charge in [0, 0.05) is 23.4 Å². The van der Waals surface area contributed by atoms with Gasteiger partial charge in [0.25, 0.3) is 10.9 Å². The third-order valence-corrected chi connectivity index (χ3v) is 3.28. The summed E-state index contributed by atoms with van der Waals surface area (Å²) in [6.45, 7) is -0.348. The molecule has 106 valence electrons. The molecule has 0 radical (unpaired) electrons. The molecule has 0 bridgehead atoms. The summed E-state index contributed by atoms with van der Waals surface area (Å²) in [5.74, 6) is 0.377. The molecule has 0 saturated carbocycles. The van der Waals surface area contributed by atoms with Crippen LogP contribution >= 0.6 is 11.8 Å². The lowest BCUT2D eigenvalue weighted by molar-refractivity contribution is -0.384. The Hall–Kier alpha value is -1.97. The predicted molar refractivity (Wildman–Crippen MR) is 70.2 cm³/mol. The summed E-state index contributed by atoms with van der Waals surface area (Å²) in [6, 6.07) is 5.86. The number of non-ortho nitro benzene ring substituents is 1. The topological polar surface area (TPSA) is 123 Å². The fourth-order valence-corrected chi connectivity index (χ4v) is 2.03. The minimum absolute atomic E-state index is 0.0643. The van der Waals surface area contributed by atoms with Gasteiger partial charge in [0.15, 0.2) is 0 Å². The predicted octanol–water partition coefficient (Wildman–Crippen LogP) is 1.09. The van der Waals surface area contributed by atoms with E-state index in [-0.39, 0.29) is 29.2 Å². The largest absolute Gasteiger partial charge is 0.411 e. The number of nitro groups is 1. The van der Waals surface area contributed by atoms with Gasteiger partial charge in [0.1, 0.15) is 0 Å². The van der Waals surface area contributed by atoms with Crippen LogP contribution in [0, 0.1) is 10.1 Å². The van der Waals surface area contributed by atoms with E-state index in [4.69, 9.17) is 9.52 Å². The Balaban J connectivity index is 2.12. The van der Waals surface area contributed by atoms with Crippen molar-refractivity contribution in [2.45, 2.75) is 11.3 Å². The molecule has 1 heterocycles. The summed E-state index contributed by atoms with van der Waals surface area (Å²) in [6.07, 6.45) is -0.867. The number of aliphatic hydroxyl groups excluding tert-OH is 2. The standard InChI is InChI=1S/C11H11N3O5S/c15-5-9(16)6-20-11-13-12-10(19-11)7-2-1-3-8(4-7)14(17)18/h1-4,9,15-16H,5-6H2. The van der Waals surface area contributed by atoms with Crippen LogP contribution in [0.15, 0.2) is 33.9 Å². The number of benzene rings is 1. The van der Waals surface area contributed by atoms with Crippen molar-refractivity contribution in [1.29, 1.82) is 0 Å². The first-order valence-corrected chi connectivity index (χ1v) is 6.58. The minimum Gasteiger partial charge on any atom is -0.411 e. The van der Waals surface area contributed by atoms with Crippen LogP contribution in [0.4, 0.5) is 5.69 Å². The smallest absolute Gasteiger partial charge is 0.276 e. The molecule has 8 nitrogen and oxygen atoms in total. The Morgan fingerprint density at radius 2 is 2.25 bits per heavy atom. The molecule has 0 spiro atoms. The number of hydrogen-bond donors (Lipinski definition) is 2. The average molecular weight is 297 g/mol. The van der Waals surface area contributed by atoms with Crippen LogP contribution in [-0.4, -0.2) is 43.8 Å². The SMILES string of the molecule is O=[N+]([O-])c1cccc(-c2nnc(SCC(O)CO)o2)c1. The fourth-order valence-electron chi connectivity index (χ4n) is 1.36. The van der Waals surface area contributed by atoms with E-state index in [1.807, 2.05) is 0 Å². The third kappa shape index (κ3) is 3.53. The molecular weight excluding hydrogens is 286 g/mol. The van der Waals surface area contributed by atoms with Crippen LogP contribution in [0.25, 0.3) is 11.5 Å². The highest BCUT2D eigenvalue weighted by Crippen LogP contribution is 2.26. The molecule has 1 atom stereocenters. The summed E-state index contributed by atoms with van der Waals surface area (Å²) in [5.41, 5.74) is 0.381. The van der Waals surface area contributed by atoms with Crippen LogP contribution < -0.4 is 0 Å². The van der Waals surface area contributed by atoms with Crippen molar-refractivity contribution in [3.8, 4) is 11.5 Å². The van der Waals surface area contributed by atoms with E-state index in [2.05, 4.69) is 10.2 Å². The van der Waals surface area contributed by atoms with Crippen molar-refractivity contribution in [3.63, 3.8) is 0 Å². The molecule has 1 aromatic carbocycles. The number of nitro benzene ring substituents is 1. The Kier molecular flexibility index (Phi) is 4.66. The molecule has 0 aliphatic heterocycles. The molecule has 0 fully saturated rings. The first-order chi connectivity index (χ1) is 9.60. The van der Waals surface area contributed by atoms with Gasteiger partial charge in [-0.3, -0.25) is 10.1 Å². The van der Waals surface area contributed by atoms with Crippen molar-refractivity contribution in [1.82, 2.24) is 10.2 Å². The molecule has 0 amide bonds. The van der Waals surface area contributed by atoms with E-state index in [1.54, 1.807) is 6.07 Å². The number of aromatic nitrogens is 2. The lowest BCUT2D eigenvalue weighted by Crippen LogP contribution is -2.14. The number of hydrogen-bond acceptors (Lipinski definition) is 8. The van der Waals surface area contributed by atoms with Crippen molar-refractivity contribution < 1.29 is 19.6 Å². The zero-order chi connectivity index (χ0) is 14.5.